The van der Waals surface area contributed by atoms with Crippen LogP contribution in [0, 0.1) is 22.7 Å². The molecule has 1 aliphatic carbocycles. The Morgan fingerprint density at radius 2 is 2.11 bits per heavy atom. The van der Waals surface area contributed by atoms with E-state index in [0.29, 0.717) is 23.4 Å². The van der Waals surface area contributed by atoms with Crippen LogP contribution in [0.3, 0.4) is 0 Å². The summed E-state index contributed by atoms with van der Waals surface area (Å²) in [4.78, 5) is 11.7. The highest BCUT2D eigenvalue weighted by molar-refractivity contribution is 5.85. The SMILES string of the molecule is Cl.N#Cc1ccc(Cn2c(N3C[C@H]4C[C@]4(CN)C3)nc3ccccc32)nc1. The Kier molecular flexibility index (Phi) is 4.29. The zero-order valence-corrected chi connectivity index (χ0v) is 15.7. The summed E-state index contributed by atoms with van der Waals surface area (Å²) >= 11 is 0. The topological polar surface area (TPSA) is 83.8 Å². The summed E-state index contributed by atoms with van der Waals surface area (Å²) in [6, 6.07) is 14.1. The second kappa shape index (κ2) is 6.52. The predicted molar refractivity (Wildman–Crippen MR) is 107 cm³/mol. The molecule has 1 saturated heterocycles. The smallest absolute Gasteiger partial charge is 0.206 e. The number of fused-ring (bicyclic) bond motifs is 2. The number of benzene rings is 1. The first kappa shape index (κ1) is 17.8. The standard InChI is InChI=1S/C20H20N6.ClH/c21-8-14-5-6-16(23-9-14)11-26-18-4-2-1-3-17(18)24-19(26)25-10-15-7-20(15,12-22)13-25;/h1-6,9,15H,7,10-13,22H2;1H/t15-,20+;/m1./s1. The minimum atomic E-state index is 0. The Hall–Kier alpha value is -2.62. The normalized spacial score (nSPS) is 23.0. The third kappa shape index (κ3) is 2.84. The molecule has 138 valence electrons. The third-order valence-electron chi connectivity index (χ3n) is 5.90. The summed E-state index contributed by atoms with van der Waals surface area (Å²) in [6.07, 6.45) is 2.87. The number of nitrogens with two attached hydrogens (primary N) is 1. The van der Waals surface area contributed by atoms with Gasteiger partial charge in [-0.2, -0.15) is 5.26 Å². The van der Waals surface area contributed by atoms with Gasteiger partial charge >= 0.3 is 0 Å². The summed E-state index contributed by atoms with van der Waals surface area (Å²) in [5, 5.41) is 8.97. The van der Waals surface area contributed by atoms with Gasteiger partial charge in [-0.25, -0.2) is 4.98 Å². The van der Waals surface area contributed by atoms with Crippen LogP contribution in [0.5, 0.6) is 0 Å². The van der Waals surface area contributed by atoms with Crippen LogP contribution in [0.15, 0.2) is 42.6 Å². The Balaban J connectivity index is 0.00000180. The molecule has 3 aromatic rings. The second-order valence-electron chi connectivity index (χ2n) is 7.48. The molecule has 7 heteroatoms. The van der Waals surface area contributed by atoms with Crippen LogP contribution in [-0.2, 0) is 6.54 Å². The van der Waals surface area contributed by atoms with Gasteiger partial charge in [-0.05, 0) is 43.1 Å². The molecular weight excluding hydrogens is 360 g/mol. The second-order valence-corrected chi connectivity index (χ2v) is 7.48. The molecule has 0 unspecified atom stereocenters. The third-order valence-corrected chi connectivity index (χ3v) is 5.90. The molecule has 5 rings (SSSR count). The summed E-state index contributed by atoms with van der Waals surface area (Å²) in [7, 11) is 0. The van der Waals surface area contributed by atoms with Crippen molar-refractivity contribution >= 4 is 29.4 Å². The number of nitriles is 1. The molecule has 0 amide bonds. The van der Waals surface area contributed by atoms with Crippen molar-refractivity contribution in [3.05, 3.63) is 53.9 Å². The molecule has 0 bridgehead atoms. The molecule has 1 aromatic carbocycles. The van der Waals surface area contributed by atoms with Crippen LogP contribution in [0.2, 0.25) is 0 Å². The summed E-state index contributed by atoms with van der Waals surface area (Å²) < 4.78 is 2.23. The van der Waals surface area contributed by atoms with Crippen LogP contribution in [0.4, 0.5) is 5.95 Å². The minimum absolute atomic E-state index is 0. The van der Waals surface area contributed by atoms with E-state index in [4.69, 9.17) is 16.0 Å². The number of pyridine rings is 1. The molecule has 1 aliphatic heterocycles. The highest BCUT2D eigenvalue weighted by atomic mass is 35.5. The monoisotopic (exact) mass is 380 g/mol. The predicted octanol–water partition coefficient (Wildman–Crippen LogP) is 2.56. The fourth-order valence-corrected chi connectivity index (χ4v) is 4.27. The molecule has 2 atom stereocenters. The van der Waals surface area contributed by atoms with E-state index in [1.54, 1.807) is 6.20 Å². The lowest BCUT2D eigenvalue weighted by molar-refractivity contribution is 0.540. The number of hydrogen-bond acceptors (Lipinski definition) is 5. The number of para-hydroxylation sites is 2. The highest BCUT2D eigenvalue weighted by Gasteiger charge is 2.59. The van der Waals surface area contributed by atoms with E-state index in [1.165, 1.54) is 6.42 Å². The van der Waals surface area contributed by atoms with Crippen molar-refractivity contribution < 1.29 is 0 Å². The van der Waals surface area contributed by atoms with Gasteiger partial charge in [0.05, 0.1) is 28.8 Å². The Labute approximate surface area is 164 Å². The van der Waals surface area contributed by atoms with Crippen LogP contribution >= 0.6 is 12.4 Å². The first-order valence-corrected chi connectivity index (χ1v) is 8.98. The molecule has 27 heavy (non-hydrogen) atoms. The van der Waals surface area contributed by atoms with Crippen molar-refractivity contribution in [2.24, 2.45) is 17.1 Å². The van der Waals surface area contributed by atoms with Gasteiger partial charge in [-0.1, -0.05) is 12.1 Å². The van der Waals surface area contributed by atoms with E-state index in [2.05, 4.69) is 32.7 Å². The number of aromatic nitrogens is 3. The molecule has 2 fully saturated rings. The number of imidazole rings is 1. The number of piperidine rings is 1. The van der Waals surface area contributed by atoms with Gasteiger partial charge in [0, 0.05) is 24.7 Å². The van der Waals surface area contributed by atoms with E-state index in [9.17, 15) is 0 Å². The van der Waals surface area contributed by atoms with Crippen LogP contribution in [0.25, 0.3) is 11.0 Å². The first-order chi connectivity index (χ1) is 12.7. The quantitative estimate of drug-likeness (QED) is 0.752. The van der Waals surface area contributed by atoms with E-state index in [1.807, 2.05) is 24.3 Å². The number of halogens is 1. The van der Waals surface area contributed by atoms with E-state index >= 15 is 0 Å². The number of hydrogen-bond donors (Lipinski definition) is 1. The van der Waals surface area contributed by atoms with Crippen molar-refractivity contribution in [2.45, 2.75) is 13.0 Å². The molecule has 1 saturated carbocycles. The average Bonchev–Trinajstić information content (AvgIpc) is 3.07. The lowest BCUT2D eigenvalue weighted by atomic mass is 10.1. The van der Waals surface area contributed by atoms with E-state index < -0.39 is 0 Å². The molecule has 3 heterocycles. The van der Waals surface area contributed by atoms with Gasteiger partial charge in [0.1, 0.15) is 6.07 Å². The number of anilines is 1. The Bertz CT molecular complexity index is 1020. The lowest BCUT2D eigenvalue weighted by Crippen LogP contribution is -2.30. The average molecular weight is 381 g/mol. The number of nitrogens with zero attached hydrogens (tertiary/aromatic N) is 5. The van der Waals surface area contributed by atoms with E-state index in [-0.39, 0.29) is 12.4 Å². The van der Waals surface area contributed by atoms with Crippen molar-refractivity contribution in [1.29, 1.82) is 5.26 Å². The van der Waals surface area contributed by atoms with E-state index in [0.717, 1.165) is 42.3 Å². The fourth-order valence-electron chi connectivity index (χ4n) is 4.27. The summed E-state index contributed by atoms with van der Waals surface area (Å²) in [5.41, 5.74) is 9.93. The zero-order chi connectivity index (χ0) is 17.7. The van der Waals surface area contributed by atoms with Crippen molar-refractivity contribution in [1.82, 2.24) is 14.5 Å². The van der Waals surface area contributed by atoms with Gasteiger partial charge in [-0.15, -0.1) is 12.4 Å². The van der Waals surface area contributed by atoms with Gasteiger partial charge in [0.2, 0.25) is 5.95 Å². The van der Waals surface area contributed by atoms with Gasteiger partial charge in [0.15, 0.2) is 0 Å². The Morgan fingerprint density at radius 3 is 2.81 bits per heavy atom. The largest absolute Gasteiger partial charge is 0.341 e. The van der Waals surface area contributed by atoms with Gasteiger partial charge < -0.3 is 15.2 Å². The van der Waals surface area contributed by atoms with Crippen LogP contribution < -0.4 is 10.6 Å². The fraction of sp³-hybridized carbons (Fsp3) is 0.350. The van der Waals surface area contributed by atoms with Crippen LogP contribution in [0.1, 0.15) is 17.7 Å². The maximum absolute atomic E-state index is 8.97. The minimum Gasteiger partial charge on any atom is -0.341 e. The highest BCUT2D eigenvalue weighted by Crippen LogP contribution is 2.57. The van der Waals surface area contributed by atoms with Crippen molar-refractivity contribution in [3.63, 3.8) is 0 Å². The molecule has 0 spiro atoms. The van der Waals surface area contributed by atoms with Gasteiger partial charge in [0.25, 0.3) is 0 Å². The first-order valence-electron chi connectivity index (χ1n) is 8.98. The molecule has 2 N–H and O–H groups in total. The van der Waals surface area contributed by atoms with Crippen molar-refractivity contribution in [3.8, 4) is 6.07 Å². The Morgan fingerprint density at radius 1 is 1.26 bits per heavy atom. The molecule has 0 radical (unpaired) electrons. The van der Waals surface area contributed by atoms with Crippen molar-refractivity contribution in [2.75, 3.05) is 24.5 Å². The maximum Gasteiger partial charge on any atom is 0.206 e. The molecule has 2 aliphatic rings. The molecular formula is C20H21ClN6. The summed E-state index contributed by atoms with van der Waals surface area (Å²) in [5.74, 6) is 1.70. The lowest BCUT2D eigenvalue weighted by Gasteiger charge is -2.22. The summed E-state index contributed by atoms with van der Waals surface area (Å²) in [6.45, 7) is 3.41. The number of rotatable bonds is 4. The zero-order valence-electron chi connectivity index (χ0n) is 14.9. The molecule has 2 aromatic heterocycles. The maximum atomic E-state index is 8.97. The molecule has 6 nitrogen and oxygen atoms in total. The van der Waals surface area contributed by atoms with Crippen LogP contribution in [-0.4, -0.2) is 34.2 Å². The van der Waals surface area contributed by atoms with Gasteiger partial charge in [-0.3, -0.25) is 4.98 Å².